The van der Waals surface area contributed by atoms with E-state index in [4.69, 9.17) is 33.8 Å². The molecule has 1 rings (SSSR count). The maximum atomic E-state index is 13.3. The second-order valence-corrected chi connectivity index (χ2v) is 9.83. The molecule has 18 nitrogen and oxygen atoms in total. The molecule has 0 bridgehead atoms. The van der Waals surface area contributed by atoms with Crippen LogP contribution in [0, 0.1) is 0 Å². The fraction of sp³-hybridized carbons (Fsp3) is 0.500. The van der Waals surface area contributed by atoms with Crippen molar-refractivity contribution in [2.24, 2.45) is 38.7 Å². The van der Waals surface area contributed by atoms with Crippen molar-refractivity contribution in [2.45, 2.75) is 69.1 Å². The number of aromatic hydroxyl groups is 1. The molecule has 244 valence electrons. The fourth-order valence-corrected chi connectivity index (χ4v) is 3.87. The van der Waals surface area contributed by atoms with E-state index in [1.165, 1.54) is 12.1 Å². The van der Waals surface area contributed by atoms with E-state index in [0.29, 0.717) is 5.56 Å². The summed E-state index contributed by atoms with van der Waals surface area (Å²) in [6.45, 7) is 0.217. The molecule has 0 heterocycles. The molecule has 0 saturated carbocycles. The Balaban J connectivity index is 3.06. The van der Waals surface area contributed by atoms with E-state index < -0.39 is 60.2 Å². The van der Waals surface area contributed by atoms with Crippen LogP contribution in [0.4, 0.5) is 0 Å². The van der Waals surface area contributed by atoms with Gasteiger partial charge in [-0.05, 0) is 56.2 Å². The van der Waals surface area contributed by atoms with E-state index in [9.17, 15) is 34.2 Å². The molecule has 4 atom stereocenters. The van der Waals surface area contributed by atoms with Crippen LogP contribution >= 0.6 is 0 Å². The maximum Gasteiger partial charge on any atom is 0.326 e. The lowest BCUT2D eigenvalue weighted by atomic mass is 10.0. The van der Waals surface area contributed by atoms with Crippen molar-refractivity contribution in [1.82, 2.24) is 16.0 Å². The van der Waals surface area contributed by atoms with Crippen LogP contribution in [0.25, 0.3) is 0 Å². The third kappa shape index (κ3) is 15.2. The Morgan fingerprint density at radius 3 is 1.64 bits per heavy atom. The van der Waals surface area contributed by atoms with Crippen LogP contribution in [0.2, 0.25) is 0 Å². The third-order valence-corrected chi connectivity index (χ3v) is 6.15. The Bertz CT molecular complexity index is 1180. The number of carboxylic acid groups (broad SMARTS) is 2. The van der Waals surface area contributed by atoms with Crippen LogP contribution < -0.4 is 44.6 Å². The number of carboxylic acids is 2. The molecule has 18 heteroatoms. The molecule has 0 aliphatic heterocycles. The number of guanidine groups is 2. The first-order valence-electron chi connectivity index (χ1n) is 13.7. The average Bonchev–Trinajstić information content (AvgIpc) is 2.94. The van der Waals surface area contributed by atoms with Gasteiger partial charge in [0.15, 0.2) is 11.9 Å². The van der Waals surface area contributed by atoms with Gasteiger partial charge in [0.05, 0.1) is 6.04 Å². The molecule has 1 aromatic carbocycles. The smallest absolute Gasteiger partial charge is 0.326 e. The summed E-state index contributed by atoms with van der Waals surface area (Å²) in [7, 11) is 0. The van der Waals surface area contributed by atoms with Gasteiger partial charge in [0, 0.05) is 19.5 Å². The normalized spacial score (nSPS) is 13.3. The monoisotopic (exact) mass is 622 g/mol. The van der Waals surface area contributed by atoms with Gasteiger partial charge < -0.3 is 59.9 Å². The maximum absolute atomic E-state index is 13.3. The standard InChI is InChI=1S/C26H42N10O8/c27-16(13-14-5-7-15(37)8-6-14)21(40)34-18(9-10-20(38)39)23(42)35-17(3-1-11-32-25(28)29)22(41)36-19(24(43)44)4-2-12-33-26(30)31/h5-8,16-19,37H,1-4,9-13,27H2,(H,34,40)(H,35,42)(H,36,41)(H,38,39)(H,43,44)(H4,28,29,32)(H4,30,31,33). The van der Waals surface area contributed by atoms with Crippen LogP contribution in [0.1, 0.15) is 44.1 Å². The van der Waals surface area contributed by atoms with Gasteiger partial charge in [0.25, 0.3) is 0 Å². The number of hydrogen-bond acceptors (Lipinski definition) is 9. The van der Waals surface area contributed by atoms with E-state index in [0.717, 1.165) is 0 Å². The first-order chi connectivity index (χ1) is 20.7. The number of carbonyl (C=O) groups excluding carboxylic acids is 3. The summed E-state index contributed by atoms with van der Waals surface area (Å²) in [5, 5.41) is 35.5. The largest absolute Gasteiger partial charge is 0.508 e. The van der Waals surface area contributed by atoms with Crippen LogP contribution in [0.3, 0.4) is 0 Å². The number of nitrogens with one attached hydrogen (secondary N) is 3. The Morgan fingerprint density at radius 2 is 1.16 bits per heavy atom. The fourth-order valence-electron chi connectivity index (χ4n) is 3.87. The van der Waals surface area contributed by atoms with Gasteiger partial charge in [0.1, 0.15) is 23.9 Å². The number of aliphatic carboxylic acids is 2. The lowest BCUT2D eigenvalue weighted by Gasteiger charge is -2.25. The van der Waals surface area contributed by atoms with Gasteiger partial charge in [-0.15, -0.1) is 0 Å². The molecule has 0 fully saturated rings. The summed E-state index contributed by atoms with van der Waals surface area (Å²) in [5.41, 5.74) is 27.8. The Hall–Kier alpha value is -5.13. The van der Waals surface area contributed by atoms with E-state index in [1.807, 2.05) is 0 Å². The molecule has 0 aliphatic carbocycles. The number of phenols is 1. The molecule has 0 saturated heterocycles. The first-order valence-corrected chi connectivity index (χ1v) is 13.7. The van der Waals surface area contributed by atoms with Gasteiger partial charge >= 0.3 is 11.9 Å². The first kappa shape index (κ1) is 36.9. The van der Waals surface area contributed by atoms with Gasteiger partial charge in [-0.25, -0.2) is 4.79 Å². The lowest BCUT2D eigenvalue weighted by Crippen LogP contribution is -2.57. The quantitative estimate of drug-likeness (QED) is 0.0387. The molecule has 0 aromatic heterocycles. The van der Waals surface area contributed by atoms with Crippen molar-refractivity contribution < 1.29 is 39.3 Å². The summed E-state index contributed by atoms with van der Waals surface area (Å²) in [4.78, 5) is 69.9. The van der Waals surface area contributed by atoms with Crippen LogP contribution in [0.15, 0.2) is 34.3 Å². The Labute approximate surface area is 253 Å². The molecule has 0 spiro atoms. The molecule has 44 heavy (non-hydrogen) atoms. The van der Waals surface area contributed by atoms with Crippen molar-refractivity contribution >= 4 is 41.6 Å². The van der Waals surface area contributed by atoms with Gasteiger partial charge in [-0.2, -0.15) is 0 Å². The second-order valence-electron chi connectivity index (χ2n) is 9.83. The highest BCUT2D eigenvalue weighted by Gasteiger charge is 2.30. The number of carbonyl (C=O) groups is 5. The molecular formula is C26H42N10O8. The number of rotatable bonds is 20. The van der Waals surface area contributed by atoms with Gasteiger partial charge in [0.2, 0.25) is 17.7 Å². The number of hydrogen-bond donors (Lipinski definition) is 11. The third-order valence-electron chi connectivity index (χ3n) is 6.15. The number of amides is 3. The zero-order valence-corrected chi connectivity index (χ0v) is 24.1. The molecule has 0 radical (unpaired) electrons. The van der Waals surface area contributed by atoms with Crippen LogP contribution in [0.5, 0.6) is 5.75 Å². The van der Waals surface area contributed by atoms with Crippen molar-refractivity contribution in [2.75, 3.05) is 13.1 Å². The van der Waals surface area contributed by atoms with Gasteiger partial charge in [-0.1, -0.05) is 12.1 Å². The zero-order chi connectivity index (χ0) is 33.2. The molecular weight excluding hydrogens is 580 g/mol. The number of phenolic OH excluding ortho intramolecular Hbond substituents is 1. The number of nitrogens with two attached hydrogens (primary N) is 5. The number of aliphatic imine (C=N–C) groups is 2. The topological polar surface area (TPSA) is 337 Å². The lowest BCUT2D eigenvalue weighted by molar-refractivity contribution is -0.142. The van der Waals surface area contributed by atoms with Crippen molar-refractivity contribution in [3.8, 4) is 5.75 Å². The predicted octanol–water partition coefficient (Wildman–Crippen LogP) is -3.23. The highest BCUT2D eigenvalue weighted by atomic mass is 16.4. The Kier molecular flexibility index (Phi) is 16.0. The second kappa shape index (κ2) is 19.1. The van der Waals surface area contributed by atoms with E-state index in [2.05, 4.69) is 25.9 Å². The van der Waals surface area contributed by atoms with Crippen LogP contribution in [-0.4, -0.2) is 94.2 Å². The Morgan fingerprint density at radius 1 is 0.705 bits per heavy atom. The van der Waals surface area contributed by atoms with E-state index >= 15 is 0 Å². The minimum atomic E-state index is -1.40. The van der Waals surface area contributed by atoms with Gasteiger partial charge in [-0.3, -0.25) is 29.2 Å². The zero-order valence-electron chi connectivity index (χ0n) is 24.1. The highest BCUT2D eigenvalue weighted by molar-refractivity contribution is 5.94. The molecule has 16 N–H and O–H groups in total. The minimum Gasteiger partial charge on any atom is -0.508 e. The molecule has 3 amide bonds. The van der Waals surface area contributed by atoms with Crippen LogP contribution in [-0.2, 0) is 30.4 Å². The average molecular weight is 623 g/mol. The predicted molar refractivity (Wildman–Crippen MR) is 160 cm³/mol. The summed E-state index contributed by atoms with van der Waals surface area (Å²) in [6, 6.07) is 0.795. The number of benzene rings is 1. The summed E-state index contributed by atoms with van der Waals surface area (Å²) in [6.07, 6.45) is -0.410. The highest BCUT2D eigenvalue weighted by Crippen LogP contribution is 2.11. The number of nitrogens with zero attached hydrogens (tertiary/aromatic N) is 2. The summed E-state index contributed by atoms with van der Waals surface area (Å²) >= 11 is 0. The SMILES string of the molecule is NC(N)=NCCCC(NC(=O)C(CCCN=C(N)N)NC(=O)C(CCC(=O)O)NC(=O)C(N)Cc1ccc(O)cc1)C(=O)O. The van der Waals surface area contributed by atoms with Crippen molar-refractivity contribution in [3.63, 3.8) is 0 Å². The van der Waals surface area contributed by atoms with Crippen molar-refractivity contribution in [1.29, 1.82) is 0 Å². The molecule has 0 aliphatic rings. The summed E-state index contributed by atoms with van der Waals surface area (Å²) in [5.74, 6) is -5.40. The summed E-state index contributed by atoms with van der Waals surface area (Å²) < 4.78 is 0. The molecule has 4 unspecified atom stereocenters. The van der Waals surface area contributed by atoms with E-state index in [-0.39, 0.29) is 69.3 Å². The minimum absolute atomic E-state index is 0.0229. The van der Waals surface area contributed by atoms with Crippen molar-refractivity contribution in [3.05, 3.63) is 29.8 Å². The van der Waals surface area contributed by atoms with E-state index in [1.54, 1.807) is 12.1 Å². The molecule has 1 aromatic rings.